The highest BCUT2D eigenvalue weighted by molar-refractivity contribution is 5.80. The molecule has 1 atom stereocenters. The highest BCUT2D eigenvalue weighted by Gasteiger charge is 2.34. The van der Waals surface area contributed by atoms with E-state index in [4.69, 9.17) is 0 Å². The lowest BCUT2D eigenvalue weighted by Gasteiger charge is -2.26. The Morgan fingerprint density at radius 3 is 2.45 bits per heavy atom. The second kappa shape index (κ2) is 6.65. The van der Waals surface area contributed by atoms with Gasteiger partial charge in [-0.1, -0.05) is 0 Å². The van der Waals surface area contributed by atoms with Crippen LogP contribution in [0.3, 0.4) is 0 Å². The molecule has 1 fully saturated rings. The molecule has 1 aliphatic heterocycles. The zero-order valence-corrected chi connectivity index (χ0v) is 12.6. The van der Waals surface area contributed by atoms with Gasteiger partial charge in [0, 0.05) is 31.2 Å². The van der Waals surface area contributed by atoms with Gasteiger partial charge in [0.1, 0.15) is 0 Å². The summed E-state index contributed by atoms with van der Waals surface area (Å²) < 4.78 is 37.0. The topological polar surface area (TPSA) is 39.7 Å². The minimum atomic E-state index is -4.13. The van der Waals surface area contributed by atoms with Crippen molar-refractivity contribution in [3.63, 3.8) is 0 Å². The molecule has 0 spiro atoms. The summed E-state index contributed by atoms with van der Waals surface area (Å²) in [5.74, 6) is 0.666. The molecular formula is C13H25F3N4. The van der Waals surface area contributed by atoms with Crippen LogP contribution in [0.2, 0.25) is 0 Å². The first-order chi connectivity index (χ1) is 9.09. The summed E-state index contributed by atoms with van der Waals surface area (Å²) in [4.78, 5) is 5.76. The van der Waals surface area contributed by atoms with Gasteiger partial charge in [-0.3, -0.25) is 9.89 Å². The van der Waals surface area contributed by atoms with Crippen molar-refractivity contribution < 1.29 is 13.2 Å². The highest BCUT2D eigenvalue weighted by Crippen LogP contribution is 2.19. The predicted octanol–water partition coefficient (Wildman–Crippen LogP) is 1.98. The number of likely N-dealkylation sites (tertiary alicyclic amines) is 1. The Bertz CT molecular complexity index is 333. The van der Waals surface area contributed by atoms with Crippen LogP contribution in [-0.4, -0.2) is 54.8 Å². The quantitative estimate of drug-likeness (QED) is 0.617. The first kappa shape index (κ1) is 17.1. The number of guanidine groups is 1. The standard InChI is InChI=1S/C13H25F3N4/c1-5-17-11(19-12(2,3)4)18-10-6-7-20(8-10)9-13(14,15)16/h10H,5-9H2,1-4H3,(H2,17,18,19). The molecule has 1 aliphatic rings. The van der Waals surface area contributed by atoms with E-state index in [1.807, 2.05) is 27.7 Å². The number of nitrogens with zero attached hydrogens (tertiary/aromatic N) is 2. The molecule has 118 valence electrons. The van der Waals surface area contributed by atoms with Crippen molar-refractivity contribution in [3.05, 3.63) is 0 Å². The Labute approximate surface area is 118 Å². The van der Waals surface area contributed by atoms with E-state index in [0.717, 1.165) is 0 Å². The number of alkyl halides is 3. The fourth-order valence-corrected chi connectivity index (χ4v) is 2.18. The number of nitrogens with one attached hydrogen (secondary N) is 2. The van der Waals surface area contributed by atoms with Gasteiger partial charge in [0.25, 0.3) is 0 Å². The molecule has 0 amide bonds. The Morgan fingerprint density at radius 1 is 1.30 bits per heavy atom. The molecule has 1 unspecified atom stereocenters. The molecule has 20 heavy (non-hydrogen) atoms. The van der Waals surface area contributed by atoms with Crippen LogP contribution in [0.5, 0.6) is 0 Å². The molecule has 0 aromatic rings. The van der Waals surface area contributed by atoms with Crippen molar-refractivity contribution in [2.45, 2.75) is 51.9 Å². The molecule has 7 heteroatoms. The summed E-state index contributed by atoms with van der Waals surface area (Å²) in [6.45, 7) is 8.64. The number of halogens is 3. The molecule has 1 rings (SSSR count). The number of hydrogen-bond acceptors (Lipinski definition) is 2. The second-order valence-corrected chi connectivity index (χ2v) is 6.18. The van der Waals surface area contributed by atoms with Gasteiger partial charge >= 0.3 is 6.18 Å². The molecule has 1 heterocycles. The van der Waals surface area contributed by atoms with E-state index in [1.54, 1.807) is 0 Å². The van der Waals surface area contributed by atoms with Crippen LogP contribution in [0.1, 0.15) is 34.1 Å². The fraction of sp³-hybridized carbons (Fsp3) is 0.923. The third kappa shape index (κ3) is 6.98. The van der Waals surface area contributed by atoms with Gasteiger partial charge in [-0.2, -0.15) is 13.2 Å². The van der Waals surface area contributed by atoms with E-state index in [9.17, 15) is 13.2 Å². The molecule has 0 aromatic carbocycles. The Balaban J connectivity index is 2.49. The van der Waals surface area contributed by atoms with Gasteiger partial charge < -0.3 is 10.6 Å². The normalized spacial score (nSPS) is 22.1. The molecule has 4 nitrogen and oxygen atoms in total. The molecule has 1 saturated heterocycles. The lowest BCUT2D eigenvalue weighted by molar-refractivity contribution is -0.143. The van der Waals surface area contributed by atoms with E-state index in [-0.39, 0.29) is 11.6 Å². The first-order valence-electron chi connectivity index (χ1n) is 6.97. The molecule has 2 N–H and O–H groups in total. The van der Waals surface area contributed by atoms with Crippen molar-refractivity contribution in [3.8, 4) is 0 Å². The van der Waals surface area contributed by atoms with Crippen molar-refractivity contribution >= 4 is 5.96 Å². The van der Waals surface area contributed by atoms with Crippen LogP contribution in [0.25, 0.3) is 0 Å². The SMILES string of the molecule is CCN=C(NC1CCN(CC(F)(F)F)C1)NC(C)(C)C. The van der Waals surface area contributed by atoms with Gasteiger partial charge in [0.15, 0.2) is 5.96 Å². The minimum Gasteiger partial charge on any atom is -0.352 e. The summed E-state index contributed by atoms with van der Waals surface area (Å²) in [5.41, 5.74) is -0.134. The van der Waals surface area contributed by atoms with Crippen LogP contribution < -0.4 is 10.6 Å². The lowest BCUT2D eigenvalue weighted by atomic mass is 10.1. The molecule has 0 aromatic heterocycles. The lowest BCUT2D eigenvalue weighted by Crippen LogP contribution is -2.51. The zero-order chi connectivity index (χ0) is 15.4. The van der Waals surface area contributed by atoms with Gasteiger partial charge in [-0.15, -0.1) is 0 Å². The predicted molar refractivity (Wildman–Crippen MR) is 74.9 cm³/mol. The van der Waals surface area contributed by atoms with Gasteiger partial charge in [-0.05, 0) is 34.1 Å². The van der Waals surface area contributed by atoms with E-state index >= 15 is 0 Å². The van der Waals surface area contributed by atoms with Gasteiger partial charge in [-0.25, -0.2) is 0 Å². The zero-order valence-electron chi connectivity index (χ0n) is 12.6. The second-order valence-electron chi connectivity index (χ2n) is 6.18. The summed E-state index contributed by atoms with van der Waals surface area (Å²) in [6, 6.07) is 0.0116. The molecule has 0 aliphatic carbocycles. The van der Waals surface area contributed by atoms with Crippen molar-refractivity contribution in [1.82, 2.24) is 15.5 Å². The number of aliphatic imine (C=N–C) groups is 1. The Morgan fingerprint density at radius 2 is 1.95 bits per heavy atom. The fourth-order valence-electron chi connectivity index (χ4n) is 2.18. The maximum absolute atomic E-state index is 12.3. The average Bonchev–Trinajstić information content (AvgIpc) is 2.60. The smallest absolute Gasteiger partial charge is 0.352 e. The highest BCUT2D eigenvalue weighted by atomic mass is 19.4. The van der Waals surface area contributed by atoms with Crippen LogP contribution >= 0.6 is 0 Å². The first-order valence-corrected chi connectivity index (χ1v) is 6.97. The number of rotatable bonds is 3. The number of hydrogen-bond donors (Lipinski definition) is 2. The summed E-state index contributed by atoms with van der Waals surface area (Å²) in [6.07, 6.45) is -3.43. The summed E-state index contributed by atoms with van der Waals surface area (Å²) in [5, 5.41) is 6.46. The third-order valence-electron chi connectivity index (χ3n) is 2.83. The van der Waals surface area contributed by atoms with E-state index < -0.39 is 12.7 Å². The van der Waals surface area contributed by atoms with Gasteiger partial charge in [0.2, 0.25) is 0 Å². The van der Waals surface area contributed by atoms with E-state index in [1.165, 1.54) is 4.90 Å². The van der Waals surface area contributed by atoms with Crippen LogP contribution in [0.4, 0.5) is 13.2 Å². The minimum absolute atomic E-state index is 0.0116. The molecular weight excluding hydrogens is 269 g/mol. The molecule has 0 bridgehead atoms. The van der Waals surface area contributed by atoms with E-state index in [2.05, 4.69) is 15.6 Å². The van der Waals surface area contributed by atoms with Crippen molar-refractivity contribution in [2.75, 3.05) is 26.2 Å². The summed E-state index contributed by atoms with van der Waals surface area (Å²) in [7, 11) is 0. The van der Waals surface area contributed by atoms with Crippen molar-refractivity contribution in [2.24, 2.45) is 4.99 Å². The Kier molecular flexibility index (Phi) is 5.68. The van der Waals surface area contributed by atoms with Crippen LogP contribution in [0, 0.1) is 0 Å². The third-order valence-corrected chi connectivity index (χ3v) is 2.83. The largest absolute Gasteiger partial charge is 0.401 e. The molecule has 0 radical (unpaired) electrons. The van der Waals surface area contributed by atoms with E-state index in [0.29, 0.717) is 32.0 Å². The monoisotopic (exact) mass is 294 g/mol. The molecule has 0 saturated carbocycles. The van der Waals surface area contributed by atoms with Crippen LogP contribution in [0.15, 0.2) is 4.99 Å². The van der Waals surface area contributed by atoms with Crippen LogP contribution in [-0.2, 0) is 0 Å². The van der Waals surface area contributed by atoms with Crippen molar-refractivity contribution in [1.29, 1.82) is 0 Å². The average molecular weight is 294 g/mol. The maximum Gasteiger partial charge on any atom is 0.401 e. The Hall–Kier alpha value is -0.980. The van der Waals surface area contributed by atoms with Gasteiger partial charge in [0.05, 0.1) is 6.54 Å². The summed E-state index contributed by atoms with van der Waals surface area (Å²) >= 11 is 0. The maximum atomic E-state index is 12.3.